The summed E-state index contributed by atoms with van der Waals surface area (Å²) in [5, 5.41) is 12.2. The number of aliphatic hydroxyl groups is 1. The van der Waals surface area contributed by atoms with Crippen LogP contribution in [0.5, 0.6) is 0 Å². The Balaban J connectivity index is 2.06. The van der Waals surface area contributed by atoms with Gasteiger partial charge in [-0.2, -0.15) is 0 Å². The maximum Gasteiger partial charge on any atom is 0.0558 e. The molecule has 2 N–H and O–H groups in total. The fourth-order valence-corrected chi connectivity index (χ4v) is 2.96. The van der Waals surface area contributed by atoms with E-state index in [1.807, 2.05) is 7.05 Å². The van der Waals surface area contributed by atoms with Crippen LogP contribution in [0.1, 0.15) is 5.56 Å². The van der Waals surface area contributed by atoms with Gasteiger partial charge < -0.3 is 15.3 Å². The van der Waals surface area contributed by atoms with Gasteiger partial charge in [-0.25, -0.2) is 0 Å². The predicted octanol–water partition coefficient (Wildman–Crippen LogP) is 1.28. The summed E-state index contributed by atoms with van der Waals surface area (Å²) in [5.74, 6) is 0. The van der Waals surface area contributed by atoms with Gasteiger partial charge in [0.2, 0.25) is 0 Å². The number of rotatable bonds is 5. The largest absolute Gasteiger partial charge is 0.395 e. The van der Waals surface area contributed by atoms with Gasteiger partial charge in [-0.3, -0.25) is 4.90 Å². The van der Waals surface area contributed by atoms with Crippen LogP contribution >= 0.6 is 15.9 Å². The SMILES string of the molecule is CNCc1cc(Br)ccc1N1CCN(CCO)CC1. The van der Waals surface area contributed by atoms with Crippen molar-refractivity contribution in [3.63, 3.8) is 0 Å². The van der Waals surface area contributed by atoms with Gasteiger partial charge in [-0.15, -0.1) is 0 Å². The first-order valence-electron chi connectivity index (χ1n) is 6.76. The zero-order chi connectivity index (χ0) is 13.7. The van der Waals surface area contributed by atoms with Crippen LogP contribution in [0.15, 0.2) is 22.7 Å². The highest BCUT2D eigenvalue weighted by atomic mass is 79.9. The van der Waals surface area contributed by atoms with Crippen molar-refractivity contribution in [2.75, 3.05) is 51.3 Å². The number of β-amino-alcohol motifs (C(OH)–C–C–N with tert-alkyl or cyclic N) is 1. The molecule has 0 unspecified atom stereocenters. The predicted molar refractivity (Wildman–Crippen MR) is 82.6 cm³/mol. The van der Waals surface area contributed by atoms with E-state index in [4.69, 9.17) is 5.11 Å². The third kappa shape index (κ3) is 3.92. The molecule has 4 nitrogen and oxygen atoms in total. The van der Waals surface area contributed by atoms with Crippen LogP contribution in [-0.2, 0) is 6.54 Å². The second-order valence-corrected chi connectivity index (χ2v) is 5.77. The van der Waals surface area contributed by atoms with Crippen LogP contribution < -0.4 is 10.2 Å². The molecule has 19 heavy (non-hydrogen) atoms. The molecule has 0 atom stereocenters. The molecule has 0 aromatic heterocycles. The lowest BCUT2D eigenvalue weighted by Crippen LogP contribution is -2.47. The minimum atomic E-state index is 0.253. The molecule has 0 spiro atoms. The Hall–Kier alpha value is -0.620. The highest BCUT2D eigenvalue weighted by Gasteiger charge is 2.18. The van der Waals surface area contributed by atoms with Crippen LogP contribution in [0, 0.1) is 0 Å². The quantitative estimate of drug-likeness (QED) is 0.854. The van der Waals surface area contributed by atoms with Crippen molar-refractivity contribution >= 4 is 21.6 Å². The molecule has 1 aromatic carbocycles. The normalized spacial score (nSPS) is 16.9. The van der Waals surface area contributed by atoms with Gasteiger partial charge in [0, 0.05) is 49.4 Å². The molecular formula is C14H22BrN3O. The van der Waals surface area contributed by atoms with Gasteiger partial charge in [0.05, 0.1) is 6.61 Å². The minimum Gasteiger partial charge on any atom is -0.395 e. The van der Waals surface area contributed by atoms with Crippen molar-refractivity contribution in [1.29, 1.82) is 0 Å². The molecule has 2 rings (SSSR count). The Bertz CT molecular complexity index is 406. The zero-order valence-electron chi connectivity index (χ0n) is 11.4. The molecule has 1 aliphatic heterocycles. The maximum atomic E-state index is 8.98. The van der Waals surface area contributed by atoms with Crippen molar-refractivity contribution < 1.29 is 5.11 Å². The summed E-state index contributed by atoms with van der Waals surface area (Å²) in [7, 11) is 1.98. The Morgan fingerprint density at radius 1 is 1.26 bits per heavy atom. The molecule has 1 heterocycles. The lowest BCUT2D eigenvalue weighted by molar-refractivity contribution is 0.188. The summed E-state index contributed by atoms with van der Waals surface area (Å²) in [4.78, 5) is 4.75. The number of hydrogen-bond donors (Lipinski definition) is 2. The van der Waals surface area contributed by atoms with E-state index in [-0.39, 0.29) is 6.61 Å². The Labute approximate surface area is 123 Å². The summed E-state index contributed by atoms with van der Waals surface area (Å²) in [6, 6.07) is 6.49. The molecule has 0 saturated carbocycles. The third-order valence-corrected chi connectivity index (χ3v) is 4.03. The molecule has 1 saturated heterocycles. The van der Waals surface area contributed by atoms with Crippen LogP contribution in [0.25, 0.3) is 0 Å². The van der Waals surface area contributed by atoms with E-state index >= 15 is 0 Å². The second-order valence-electron chi connectivity index (χ2n) is 4.86. The van der Waals surface area contributed by atoms with E-state index in [9.17, 15) is 0 Å². The highest BCUT2D eigenvalue weighted by Crippen LogP contribution is 2.25. The minimum absolute atomic E-state index is 0.253. The van der Waals surface area contributed by atoms with Crippen molar-refractivity contribution in [2.24, 2.45) is 0 Å². The fraction of sp³-hybridized carbons (Fsp3) is 0.571. The lowest BCUT2D eigenvalue weighted by Gasteiger charge is -2.36. The topological polar surface area (TPSA) is 38.7 Å². The van der Waals surface area contributed by atoms with E-state index in [1.54, 1.807) is 0 Å². The molecule has 0 bridgehead atoms. The van der Waals surface area contributed by atoms with Gasteiger partial charge in [0.25, 0.3) is 0 Å². The lowest BCUT2D eigenvalue weighted by atomic mass is 10.1. The number of benzene rings is 1. The van der Waals surface area contributed by atoms with Crippen LogP contribution in [-0.4, -0.2) is 56.4 Å². The molecule has 106 valence electrons. The van der Waals surface area contributed by atoms with E-state index in [2.05, 4.69) is 49.2 Å². The first-order chi connectivity index (χ1) is 9.24. The molecule has 1 aliphatic rings. The molecule has 5 heteroatoms. The summed E-state index contributed by atoms with van der Waals surface area (Å²) in [5.41, 5.74) is 2.65. The highest BCUT2D eigenvalue weighted by molar-refractivity contribution is 9.10. The second kappa shape index (κ2) is 7.24. The van der Waals surface area contributed by atoms with Crippen molar-refractivity contribution in [3.8, 4) is 0 Å². The number of nitrogens with one attached hydrogen (secondary N) is 1. The van der Waals surface area contributed by atoms with E-state index in [0.29, 0.717) is 0 Å². The molecule has 0 aliphatic carbocycles. The van der Waals surface area contributed by atoms with Gasteiger partial charge in [-0.1, -0.05) is 15.9 Å². The molecule has 1 fully saturated rings. The maximum absolute atomic E-state index is 8.98. The van der Waals surface area contributed by atoms with Crippen molar-refractivity contribution in [1.82, 2.24) is 10.2 Å². The molecular weight excluding hydrogens is 306 g/mol. The van der Waals surface area contributed by atoms with Gasteiger partial charge in [-0.05, 0) is 30.8 Å². The zero-order valence-corrected chi connectivity index (χ0v) is 13.0. The molecule has 1 aromatic rings. The third-order valence-electron chi connectivity index (χ3n) is 3.54. The summed E-state index contributed by atoms with van der Waals surface area (Å²) in [6.07, 6.45) is 0. The smallest absolute Gasteiger partial charge is 0.0558 e. The number of hydrogen-bond acceptors (Lipinski definition) is 4. The van der Waals surface area contributed by atoms with Crippen LogP contribution in [0.3, 0.4) is 0 Å². The van der Waals surface area contributed by atoms with Crippen molar-refractivity contribution in [3.05, 3.63) is 28.2 Å². The van der Waals surface area contributed by atoms with Crippen molar-refractivity contribution in [2.45, 2.75) is 6.54 Å². The first-order valence-corrected chi connectivity index (χ1v) is 7.55. The number of nitrogens with zero attached hydrogens (tertiary/aromatic N) is 2. The van der Waals surface area contributed by atoms with Crippen LogP contribution in [0.4, 0.5) is 5.69 Å². The van der Waals surface area contributed by atoms with Crippen LogP contribution in [0.2, 0.25) is 0 Å². The molecule has 0 radical (unpaired) electrons. The Kier molecular flexibility index (Phi) is 5.63. The number of aliphatic hydroxyl groups excluding tert-OH is 1. The summed E-state index contributed by atoms with van der Waals surface area (Å²) < 4.78 is 1.13. The molecule has 0 amide bonds. The van der Waals surface area contributed by atoms with Gasteiger partial charge >= 0.3 is 0 Å². The number of piperazine rings is 1. The summed E-state index contributed by atoms with van der Waals surface area (Å²) >= 11 is 3.54. The van der Waals surface area contributed by atoms with E-state index in [1.165, 1.54) is 11.3 Å². The van der Waals surface area contributed by atoms with E-state index < -0.39 is 0 Å². The fourth-order valence-electron chi connectivity index (χ4n) is 2.55. The number of halogens is 1. The average Bonchev–Trinajstić information content (AvgIpc) is 2.41. The monoisotopic (exact) mass is 327 g/mol. The number of anilines is 1. The standard InChI is InChI=1S/C14H22BrN3O/c1-16-11-12-10-13(15)2-3-14(12)18-6-4-17(5-7-18)8-9-19/h2-3,10,16,19H,4-9,11H2,1H3. The summed E-state index contributed by atoms with van der Waals surface area (Å²) in [6.45, 7) is 6.02. The van der Waals surface area contributed by atoms with E-state index in [0.717, 1.165) is 43.7 Å². The average molecular weight is 328 g/mol. The van der Waals surface area contributed by atoms with Gasteiger partial charge in [0.15, 0.2) is 0 Å². The van der Waals surface area contributed by atoms with Gasteiger partial charge in [0.1, 0.15) is 0 Å². The Morgan fingerprint density at radius 2 is 2.00 bits per heavy atom. The first kappa shape index (κ1) is 14.8. The Morgan fingerprint density at radius 3 is 2.63 bits per heavy atom.